The zero-order chi connectivity index (χ0) is 15.9. The van der Waals surface area contributed by atoms with Crippen molar-refractivity contribution in [3.8, 4) is 11.6 Å². The van der Waals surface area contributed by atoms with Crippen LogP contribution >= 0.6 is 0 Å². The van der Waals surface area contributed by atoms with E-state index in [2.05, 4.69) is 15.6 Å². The number of piperidine rings is 1. The van der Waals surface area contributed by atoms with Crippen LogP contribution in [0.25, 0.3) is 0 Å². The summed E-state index contributed by atoms with van der Waals surface area (Å²) in [5.41, 5.74) is 0.965. The summed E-state index contributed by atoms with van der Waals surface area (Å²) in [5, 5.41) is 6.26. The normalized spacial score (nSPS) is 15.1. The van der Waals surface area contributed by atoms with Gasteiger partial charge in [-0.2, -0.15) is 0 Å². The molecular formula is C18H21N3O2. The van der Waals surface area contributed by atoms with E-state index in [1.54, 1.807) is 6.20 Å². The standard InChI is InChI=1S/C18H21N3O2/c22-18(15-8-10-19-11-9-15)21-13-14-6-7-17(20-12-14)23-16-4-2-1-3-5-16/h1-7,12,15,19H,8-11,13H2,(H,21,22). The lowest BCUT2D eigenvalue weighted by molar-refractivity contribution is -0.125. The number of carbonyl (C=O) groups is 1. The van der Waals surface area contributed by atoms with Gasteiger partial charge in [-0.15, -0.1) is 0 Å². The number of aromatic nitrogens is 1. The molecule has 1 aliphatic rings. The zero-order valence-corrected chi connectivity index (χ0v) is 13.0. The van der Waals surface area contributed by atoms with E-state index in [9.17, 15) is 4.79 Å². The number of benzene rings is 1. The van der Waals surface area contributed by atoms with Gasteiger partial charge in [-0.3, -0.25) is 4.79 Å². The predicted octanol–water partition coefficient (Wildman–Crippen LogP) is 2.49. The second-order valence-corrected chi connectivity index (χ2v) is 5.66. The summed E-state index contributed by atoms with van der Waals surface area (Å²) in [4.78, 5) is 16.4. The molecule has 1 aromatic heterocycles. The Morgan fingerprint density at radius 3 is 2.65 bits per heavy atom. The van der Waals surface area contributed by atoms with Crippen LogP contribution in [-0.4, -0.2) is 24.0 Å². The first-order valence-corrected chi connectivity index (χ1v) is 7.97. The second-order valence-electron chi connectivity index (χ2n) is 5.66. The molecule has 120 valence electrons. The molecule has 0 unspecified atom stereocenters. The molecule has 1 saturated heterocycles. The first-order chi connectivity index (χ1) is 11.3. The molecule has 0 saturated carbocycles. The number of pyridine rings is 1. The molecule has 3 rings (SSSR count). The molecule has 0 bridgehead atoms. The molecule has 23 heavy (non-hydrogen) atoms. The van der Waals surface area contributed by atoms with Crippen molar-refractivity contribution in [1.29, 1.82) is 0 Å². The van der Waals surface area contributed by atoms with Crippen molar-refractivity contribution < 1.29 is 9.53 Å². The van der Waals surface area contributed by atoms with E-state index in [0.29, 0.717) is 12.4 Å². The molecule has 1 fully saturated rings. The summed E-state index contributed by atoms with van der Waals surface area (Å²) in [5.74, 6) is 1.57. The van der Waals surface area contributed by atoms with Crippen LogP contribution < -0.4 is 15.4 Å². The molecule has 2 aromatic rings. The van der Waals surface area contributed by atoms with Gasteiger partial charge in [-0.1, -0.05) is 24.3 Å². The molecule has 2 heterocycles. The van der Waals surface area contributed by atoms with Crippen molar-refractivity contribution in [3.05, 3.63) is 54.2 Å². The van der Waals surface area contributed by atoms with Crippen LogP contribution in [-0.2, 0) is 11.3 Å². The summed E-state index contributed by atoms with van der Waals surface area (Å²) < 4.78 is 5.65. The Balaban J connectivity index is 1.50. The maximum atomic E-state index is 12.1. The van der Waals surface area contributed by atoms with E-state index in [1.165, 1.54) is 0 Å². The van der Waals surface area contributed by atoms with Gasteiger partial charge in [-0.05, 0) is 43.6 Å². The van der Waals surface area contributed by atoms with Gasteiger partial charge in [0.2, 0.25) is 11.8 Å². The van der Waals surface area contributed by atoms with Crippen LogP contribution in [0.4, 0.5) is 0 Å². The lowest BCUT2D eigenvalue weighted by atomic mass is 9.97. The van der Waals surface area contributed by atoms with Crippen molar-refractivity contribution >= 4 is 5.91 Å². The van der Waals surface area contributed by atoms with Crippen LogP contribution in [0, 0.1) is 5.92 Å². The fraction of sp³-hybridized carbons (Fsp3) is 0.333. The molecule has 0 spiro atoms. The summed E-state index contributed by atoms with van der Waals surface area (Å²) in [7, 11) is 0. The van der Waals surface area contributed by atoms with Crippen molar-refractivity contribution in [2.24, 2.45) is 5.92 Å². The second kappa shape index (κ2) is 7.74. The number of hydrogen-bond donors (Lipinski definition) is 2. The Hall–Kier alpha value is -2.40. The zero-order valence-electron chi connectivity index (χ0n) is 13.0. The Morgan fingerprint density at radius 1 is 1.17 bits per heavy atom. The smallest absolute Gasteiger partial charge is 0.223 e. The monoisotopic (exact) mass is 311 g/mol. The topological polar surface area (TPSA) is 63.2 Å². The third-order valence-corrected chi connectivity index (χ3v) is 3.94. The van der Waals surface area contributed by atoms with Gasteiger partial charge < -0.3 is 15.4 Å². The highest BCUT2D eigenvalue weighted by Crippen LogP contribution is 2.18. The van der Waals surface area contributed by atoms with Gasteiger partial charge in [0.25, 0.3) is 0 Å². The lowest BCUT2D eigenvalue weighted by Gasteiger charge is -2.21. The van der Waals surface area contributed by atoms with Gasteiger partial charge in [0.1, 0.15) is 5.75 Å². The number of nitrogens with zero attached hydrogens (tertiary/aromatic N) is 1. The average Bonchev–Trinajstić information content (AvgIpc) is 2.62. The van der Waals surface area contributed by atoms with Crippen molar-refractivity contribution in [2.45, 2.75) is 19.4 Å². The van der Waals surface area contributed by atoms with Crippen molar-refractivity contribution in [1.82, 2.24) is 15.6 Å². The molecule has 5 nitrogen and oxygen atoms in total. The summed E-state index contributed by atoms with van der Waals surface area (Å²) in [6.07, 6.45) is 3.56. The Labute approximate surface area is 136 Å². The van der Waals surface area contributed by atoms with Gasteiger partial charge in [0.15, 0.2) is 0 Å². The molecule has 0 aliphatic carbocycles. The number of ether oxygens (including phenoxy) is 1. The van der Waals surface area contributed by atoms with Crippen molar-refractivity contribution in [3.63, 3.8) is 0 Å². The molecule has 0 radical (unpaired) electrons. The SMILES string of the molecule is O=C(NCc1ccc(Oc2ccccc2)nc1)C1CCNCC1. The maximum absolute atomic E-state index is 12.1. The van der Waals surface area contributed by atoms with Crippen LogP contribution in [0.5, 0.6) is 11.6 Å². The lowest BCUT2D eigenvalue weighted by Crippen LogP contribution is -2.37. The minimum Gasteiger partial charge on any atom is -0.439 e. The Bertz CT molecular complexity index is 622. The number of hydrogen-bond acceptors (Lipinski definition) is 4. The van der Waals surface area contributed by atoms with Crippen LogP contribution in [0.2, 0.25) is 0 Å². The van der Waals surface area contributed by atoms with Gasteiger partial charge in [0.05, 0.1) is 0 Å². The summed E-state index contributed by atoms with van der Waals surface area (Å²) in [6.45, 7) is 2.34. The van der Waals surface area contributed by atoms with E-state index in [-0.39, 0.29) is 11.8 Å². The number of nitrogens with one attached hydrogen (secondary N) is 2. The van der Waals surface area contributed by atoms with Gasteiger partial charge in [0, 0.05) is 24.7 Å². The average molecular weight is 311 g/mol. The highest BCUT2D eigenvalue weighted by Gasteiger charge is 2.20. The number of amides is 1. The summed E-state index contributed by atoms with van der Waals surface area (Å²) >= 11 is 0. The number of rotatable bonds is 5. The molecule has 1 aromatic carbocycles. The fourth-order valence-electron chi connectivity index (χ4n) is 2.60. The minimum atomic E-state index is 0.130. The predicted molar refractivity (Wildman–Crippen MR) is 88.2 cm³/mol. The number of carbonyl (C=O) groups excluding carboxylic acids is 1. The highest BCUT2D eigenvalue weighted by atomic mass is 16.5. The van der Waals surface area contributed by atoms with E-state index < -0.39 is 0 Å². The molecule has 5 heteroatoms. The maximum Gasteiger partial charge on any atom is 0.223 e. The van der Waals surface area contributed by atoms with Crippen LogP contribution in [0.3, 0.4) is 0 Å². The van der Waals surface area contributed by atoms with Gasteiger partial charge >= 0.3 is 0 Å². The number of para-hydroxylation sites is 1. The first kappa shape index (κ1) is 15.5. The Kier molecular flexibility index (Phi) is 5.21. The van der Waals surface area contributed by atoms with Crippen LogP contribution in [0.15, 0.2) is 48.7 Å². The molecule has 0 atom stereocenters. The van der Waals surface area contributed by atoms with Gasteiger partial charge in [-0.25, -0.2) is 4.98 Å². The summed E-state index contributed by atoms with van der Waals surface area (Å²) in [6, 6.07) is 13.3. The fourth-order valence-corrected chi connectivity index (χ4v) is 2.60. The molecular weight excluding hydrogens is 290 g/mol. The highest BCUT2D eigenvalue weighted by molar-refractivity contribution is 5.78. The first-order valence-electron chi connectivity index (χ1n) is 7.97. The van der Waals surface area contributed by atoms with Crippen molar-refractivity contribution in [2.75, 3.05) is 13.1 Å². The molecule has 1 aliphatic heterocycles. The largest absolute Gasteiger partial charge is 0.439 e. The van der Waals surface area contributed by atoms with E-state index in [4.69, 9.17) is 4.74 Å². The molecule has 2 N–H and O–H groups in total. The van der Waals surface area contributed by atoms with Crippen LogP contribution in [0.1, 0.15) is 18.4 Å². The quantitative estimate of drug-likeness (QED) is 0.890. The minimum absolute atomic E-state index is 0.130. The third-order valence-electron chi connectivity index (χ3n) is 3.94. The Morgan fingerprint density at radius 2 is 1.96 bits per heavy atom. The third kappa shape index (κ3) is 4.53. The van der Waals surface area contributed by atoms with E-state index >= 15 is 0 Å². The molecule has 1 amide bonds. The van der Waals surface area contributed by atoms with E-state index in [0.717, 1.165) is 37.2 Å². The van der Waals surface area contributed by atoms with E-state index in [1.807, 2.05) is 42.5 Å².